The van der Waals surface area contributed by atoms with Crippen LogP contribution in [-0.4, -0.2) is 34.0 Å². The normalized spacial score (nSPS) is 13.7. The highest BCUT2D eigenvalue weighted by atomic mass is 19.3. The highest BCUT2D eigenvalue weighted by molar-refractivity contribution is 5.66. The van der Waals surface area contributed by atoms with E-state index in [1.807, 2.05) is 30.3 Å². The van der Waals surface area contributed by atoms with Crippen molar-refractivity contribution in [2.24, 2.45) is 0 Å². The number of alkyl halides is 2. The molecule has 0 fully saturated rings. The third kappa shape index (κ3) is 5.48. The van der Waals surface area contributed by atoms with Crippen LogP contribution in [0.25, 0.3) is 11.3 Å². The number of nitrogens with zero attached hydrogens (tertiary/aromatic N) is 2. The molecule has 7 heteroatoms. The molecule has 4 rings (SSSR count). The van der Waals surface area contributed by atoms with Crippen LogP contribution < -0.4 is 4.74 Å². The van der Waals surface area contributed by atoms with Gasteiger partial charge in [0.15, 0.2) is 0 Å². The Labute approximate surface area is 185 Å². The summed E-state index contributed by atoms with van der Waals surface area (Å²) in [5.74, 6) is -0.124. The predicted octanol–water partition coefficient (Wildman–Crippen LogP) is 5.10. The molecule has 0 amide bonds. The summed E-state index contributed by atoms with van der Waals surface area (Å²) in [5, 5.41) is 8.87. The third-order valence-corrected chi connectivity index (χ3v) is 5.53. The minimum atomic E-state index is -2.49. The van der Waals surface area contributed by atoms with Gasteiger partial charge in [-0.25, -0.2) is 8.78 Å². The van der Waals surface area contributed by atoms with Crippen molar-refractivity contribution in [2.45, 2.75) is 32.4 Å². The van der Waals surface area contributed by atoms with Crippen molar-refractivity contribution in [3.63, 3.8) is 0 Å². The zero-order valence-corrected chi connectivity index (χ0v) is 17.5. The lowest BCUT2D eigenvalue weighted by molar-refractivity contribution is -0.137. The number of carboxylic acid groups (broad SMARTS) is 1. The highest BCUT2D eigenvalue weighted by Gasteiger charge is 2.18. The zero-order chi connectivity index (χ0) is 22.5. The van der Waals surface area contributed by atoms with Gasteiger partial charge in [0.25, 0.3) is 6.43 Å². The first-order chi connectivity index (χ1) is 15.5. The Hall–Kier alpha value is -3.32. The Kier molecular flexibility index (Phi) is 6.75. The molecule has 2 heterocycles. The van der Waals surface area contributed by atoms with Crippen molar-refractivity contribution in [2.75, 3.05) is 13.1 Å². The largest absolute Gasteiger partial charge is 0.489 e. The molecular weight excluding hydrogens is 414 g/mol. The molecule has 1 aromatic heterocycles. The van der Waals surface area contributed by atoms with E-state index in [-0.39, 0.29) is 18.6 Å². The molecule has 166 valence electrons. The molecule has 1 aliphatic heterocycles. The Balaban J connectivity index is 1.38. The summed E-state index contributed by atoms with van der Waals surface area (Å²) in [7, 11) is 0. The van der Waals surface area contributed by atoms with Crippen LogP contribution in [0.3, 0.4) is 0 Å². The number of hydrogen-bond donors (Lipinski definition) is 1. The van der Waals surface area contributed by atoms with Crippen molar-refractivity contribution in [1.29, 1.82) is 0 Å². The number of halogens is 2. The summed E-state index contributed by atoms with van der Waals surface area (Å²) in [6, 6.07) is 17.8. The van der Waals surface area contributed by atoms with Crippen molar-refractivity contribution < 1.29 is 23.4 Å². The fourth-order valence-electron chi connectivity index (χ4n) is 3.79. The van der Waals surface area contributed by atoms with Crippen LogP contribution in [0, 0.1) is 0 Å². The Morgan fingerprint density at radius 1 is 1.12 bits per heavy atom. The number of rotatable bonds is 8. The molecule has 1 N–H and O–H groups in total. The summed E-state index contributed by atoms with van der Waals surface area (Å²) in [6.07, 6.45) is -1.56. The lowest BCUT2D eigenvalue weighted by Crippen LogP contribution is -2.32. The first kappa shape index (κ1) is 21.9. The molecule has 2 aromatic carbocycles. The molecule has 0 radical (unpaired) electrons. The molecule has 0 atom stereocenters. The van der Waals surface area contributed by atoms with Crippen molar-refractivity contribution in [3.8, 4) is 17.0 Å². The number of carboxylic acids is 1. The van der Waals surface area contributed by atoms with Crippen LogP contribution in [0.2, 0.25) is 0 Å². The maximum Gasteiger partial charge on any atom is 0.304 e. The minimum absolute atomic E-state index is 0.00932. The molecule has 1 aliphatic rings. The van der Waals surface area contributed by atoms with Gasteiger partial charge in [-0.2, -0.15) is 0 Å². The number of aromatic nitrogens is 1. The maximum absolute atomic E-state index is 12.8. The molecular formula is C25H24F2N2O3. The summed E-state index contributed by atoms with van der Waals surface area (Å²) >= 11 is 0. The highest BCUT2D eigenvalue weighted by Crippen LogP contribution is 2.26. The first-order valence-corrected chi connectivity index (χ1v) is 10.5. The first-order valence-electron chi connectivity index (χ1n) is 10.5. The van der Waals surface area contributed by atoms with E-state index < -0.39 is 12.4 Å². The van der Waals surface area contributed by atoms with E-state index in [0.29, 0.717) is 17.9 Å². The fraction of sp³-hybridized carbons (Fsp3) is 0.280. The second kappa shape index (κ2) is 9.87. The molecule has 0 saturated heterocycles. The van der Waals surface area contributed by atoms with E-state index in [4.69, 9.17) is 14.8 Å². The topological polar surface area (TPSA) is 62.7 Å². The van der Waals surface area contributed by atoms with E-state index in [1.54, 1.807) is 12.1 Å². The smallest absolute Gasteiger partial charge is 0.304 e. The quantitative estimate of drug-likeness (QED) is 0.530. The van der Waals surface area contributed by atoms with Gasteiger partial charge in [-0.1, -0.05) is 24.3 Å². The van der Waals surface area contributed by atoms with E-state index >= 15 is 0 Å². The maximum atomic E-state index is 12.8. The summed E-state index contributed by atoms with van der Waals surface area (Å²) in [6.45, 7) is 2.28. The Morgan fingerprint density at radius 2 is 1.94 bits per heavy atom. The summed E-state index contributed by atoms with van der Waals surface area (Å²) < 4.78 is 31.4. The van der Waals surface area contributed by atoms with E-state index in [9.17, 15) is 13.6 Å². The van der Waals surface area contributed by atoms with Gasteiger partial charge < -0.3 is 9.84 Å². The van der Waals surface area contributed by atoms with Crippen LogP contribution >= 0.6 is 0 Å². The summed E-state index contributed by atoms with van der Waals surface area (Å²) in [5.41, 5.74) is 4.71. The monoisotopic (exact) mass is 438 g/mol. The number of carbonyl (C=O) groups is 1. The second-order valence-corrected chi connectivity index (χ2v) is 7.83. The Morgan fingerprint density at radius 3 is 2.69 bits per heavy atom. The summed E-state index contributed by atoms with van der Waals surface area (Å²) in [4.78, 5) is 17.7. The van der Waals surface area contributed by atoms with Gasteiger partial charge in [-0.15, -0.1) is 0 Å². The minimum Gasteiger partial charge on any atom is -0.489 e. The van der Waals surface area contributed by atoms with Crippen LogP contribution in [0.5, 0.6) is 5.75 Å². The molecule has 0 spiro atoms. The SMILES string of the molecule is O=C(O)CCN1CCc2nc(-c3ccc(OCc4cccc(C(F)F)c4)cc3)ccc2C1. The number of ether oxygens (including phenoxy) is 1. The average Bonchev–Trinajstić information content (AvgIpc) is 2.81. The van der Waals surface area contributed by atoms with Gasteiger partial charge in [0.2, 0.25) is 0 Å². The second-order valence-electron chi connectivity index (χ2n) is 7.83. The molecule has 32 heavy (non-hydrogen) atoms. The van der Waals surface area contributed by atoms with Crippen LogP contribution in [0.15, 0.2) is 60.7 Å². The van der Waals surface area contributed by atoms with E-state index in [2.05, 4.69) is 11.0 Å². The van der Waals surface area contributed by atoms with Gasteiger partial charge in [-0.05, 0) is 47.5 Å². The molecule has 0 saturated carbocycles. The lowest BCUT2D eigenvalue weighted by Gasteiger charge is -2.27. The van der Waals surface area contributed by atoms with Crippen LogP contribution in [0.1, 0.15) is 35.2 Å². The van der Waals surface area contributed by atoms with Gasteiger partial charge in [0.05, 0.1) is 12.1 Å². The number of aliphatic carboxylic acids is 1. The van der Waals surface area contributed by atoms with Crippen LogP contribution in [0.4, 0.5) is 8.78 Å². The molecule has 0 aliphatic carbocycles. The van der Waals surface area contributed by atoms with Gasteiger partial charge in [0.1, 0.15) is 12.4 Å². The predicted molar refractivity (Wildman–Crippen MR) is 117 cm³/mol. The van der Waals surface area contributed by atoms with Crippen molar-refractivity contribution >= 4 is 5.97 Å². The molecule has 0 bridgehead atoms. The zero-order valence-electron chi connectivity index (χ0n) is 17.5. The fourth-order valence-corrected chi connectivity index (χ4v) is 3.79. The molecule has 0 unspecified atom stereocenters. The van der Waals surface area contributed by atoms with Gasteiger partial charge >= 0.3 is 5.97 Å². The van der Waals surface area contributed by atoms with Gasteiger partial charge in [0, 0.05) is 42.9 Å². The van der Waals surface area contributed by atoms with Crippen LogP contribution in [-0.2, 0) is 24.4 Å². The van der Waals surface area contributed by atoms with E-state index in [0.717, 1.165) is 42.0 Å². The van der Waals surface area contributed by atoms with Gasteiger partial charge in [-0.3, -0.25) is 14.7 Å². The third-order valence-electron chi connectivity index (χ3n) is 5.53. The number of fused-ring (bicyclic) bond motifs is 1. The van der Waals surface area contributed by atoms with Crippen molar-refractivity contribution in [1.82, 2.24) is 9.88 Å². The molecule has 3 aromatic rings. The number of hydrogen-bond acceptors (Lipinski definition) is 4. The van der Waals surface area contributed by atoms with E-state index in [1.165, 1.54) is 12.1 Å². The Bertz CT molecular complexity index is 1090. The molecule has 5 nitrogen and oxygen atoms in total. The lowest BCUT2D eigenvalue weighted by atomic mass is 10.0. The number of benzene rings is 2. The van der Waals surface area contributed by atoms with Crippen molar-refractivity contribution in [3.05, 3.63) is 83.0 Å². The standard InChI is InChI=1S/C25H24F2N2O3/c26-25(27)19-3-1-2-17(14-19)16-32-21-7-4-18(5-8-21)22-9-6-20-15-29(13-11-24(30)31)12-10-23(20)28-22/h1-9,14,25H,10-13,15-16H2,(H,30,31). The number of pyridine rings is 1. The average molecular weight is 438 g/mol.